The molecule has 1 fully saturated rings. The number of hydrogen-bond donors (Lipinski definition) is 2. The lowest BCUT2D eigenvalue weighted by Gasteiger charge is -2.36. The van der Waals surface area contributed by atoms with Gasteiger partial charge in [-0.2, -0.15) is 0 Å². The number of nitrogens with one attached hydrogen (secondary N) is 2. The van der Waals surface area contributed by atoms with E-state index in [9.17, 15) is 13.2 Å². The first-order valence-electron chi connectivity index (χ1n) is 9.40. The summed E-state index contributed by atoms with van der Waals surface area (Å²) in [6.07, 6.45) is 2.49. The molecule has 0 aliphatic carbocycles. The standard InChI is InChI=1S/C21H19BrClN3O3S/c22-16-5-3-15(4-6-16)21(7-10-24-11-8-21)20(27)26-30(28,29)18-13-17(23)12-14-2-1-9-25-19(14)18/h1-6,9,12-13,24H,7-8,10-11H2,(H,26,27). The van der Waals surface area contributed by atoms with Crippen molar-refractivity contribution in [3.05, 3.63) is 69.8 Å². The van der Waals surface area contributed by atoms with Crippen LogP contribution in [0.25, 0.3) is 10.9 Å². The molecule has 1 amide bonds. The number of aromatic nitrogens is 1. The van der Waals surface area contributed by atoms with E-state index in [1.807, 2.05) is 24.3 Å². The summed E-state index contributed by atoms with van der Waals surface area (Å²) < 4.78 is 29.7. The Balaban J connectivity index is 1.75. The van der Waals surface area contributed by atoms with Gasteiger partial charge in [-0.1, -0.05) is 45.7 Å². The third-order valence-electron chi connectivity index (χ3n) is 5.44. The van der Waals surface area contributed by atoms with Crippen molar-refractivity contribution in [2.45, 2.75) is 23.2 Å². The quantitative estimate of drug-likeness (QED) is 0.560. The number of amides is 1. The maximum Gasteiger partial charge on any atom is 0.266 e. The van der Waals surface area contributed by atoms with Gasteiger partial charge in [-0.15, -0.1) is 0 Å². The third kappa shape index (κ3) is 3.97. The lowest BCUT2D eigenvalue weighted by atomic mass is 9.72. The molecule has 4 rings (SSSR count). The van der Waals surface area contributed by atoms with Crippen LogP contribution in [-0.2, 0) is 20.2 Å². The molecule has 0 radical (unpaired) electrons. The van der Waals surface area contributed by atoms with Gasteiger partial charge >= 0.3 is 0 Å². The predicted molar refractivity (Wildman–Crippen MR) is 120 cm³/mol. The molecule has 6 nitrogen and oxygen atoms in total. The molecule has 9 heteroatoms. The van der Waals surface area contributed by atoms with Crippen LogP contribution in [0.2, 0.25) is 5.02 Å². The van der Waals surface area contributed by atoms with E-state index < -0.39 is 21.3 Å². The van der Waals surface area contributed by atoms with Crippen molar-refractivity contribution < 1.29 is 13.2 Å². The molecule has 0 bridgehead atoms. The number of piperidine rings is 1. The summed E-state index contributed by atoms with van der Waals surface area (Å²) in [5.74, 6) is -0.546. The van der Waals surface area contributed by atoms with Crippen molar-refractivity contribution >= 4 is 54.4 Å². The molecule has 2 N–H and O–H groups in total. The highest BCUT2D eigenvalue weighted by Crippen LogP contribution is 2.35. The first-order valence-corrected chi connectivity index (χ1v) is 12.1. The summed E-state index contributed by atoms with van der Waals surface area (Å²) in [5.41, 5.74) is 0.111. The van der Waals surface area contributed by atoms with Crippen LogP contribution in [0.5, 0.6) is 0 Å². The van der Waals surface area contributed by atoms with Crippen LogP contribution in [0.4, 0.5) is 0 Å². The molecule has 0 spiro atoms. The number of nitrogens with zero attached hydrogens (tertiary/aromatic N) is 1. The fourth-order valence-electron chi connectivity index (χ4n) is 3.87. The number of hydrogen-bond acceptors (Lipinski definition) is 5. The molecule has 2 heterocycles. The van der Waals surface area contributed by atoms with Crippen LogP contribution in [0.3, 0.4) is 0 Å². The number of carbonyl (C=O) groups is 1. The van der Waals surface area contributed by atoms with Gasteiger partial charge in [0, 0.05) is 21.1 Å². The Morgan fingerprint density at radius 3 is 2.53 bits per heavy atom. The summed E-state index contributed by atoms with van der Waals surface area (Å²) in [4.78, 5) is 17.5. The Kier molecular flexibility index (Phi) is 5.85. The zero-order valence-electron chi connectivity index (χ0n) is 15.9. The Hall–Kier alpha value is -2.00. The predicted octanol–water partition coefficient (Wildman–Crippen LogP) is 3.78. The number of sulfonamides is 1. The largest absolute Gasteiger partial charge is 0.317 e. The van der Waals surface area contributed by atoms with Gasteiger partial charge in [0.2, 0.25) is 5.91 Å². The second-order valence-electron chi connectivity index (χ2n) is 7.25. The van der Waals surface area contributed by atoms with Crippen LogP contribution in [0, 0.1) is 0 Å². The molecule has 1 aliphatic rings. The van der Waals surface area contributed by atoms with Crippen LogP contribution in [0.15, 0.2) is 64.1 Å². The summed E-state index contributed by atoms with van der Waals surface area (Å²) in [6.45, 7) is 1.23. The molecule has 2 aromatic carbocycles. The molecule has 3 aromatic rings. The van der Waals surface area contributed by atoms with Gasteiger partial charge in [-0.25, -0.2) is 13.1 Å². The van der Waals surface area contributed by atoms with Crippen LogP contribution in [-0.4, -0.2) is 32.4 Å². The van der Waals surface area contributed by atoms with Crippen LogP contribution >= 0.6 is 27.5 Å². The fourth-order valence-corrected chi connectivity index (χ4v) is 5.69. The molecule has 1 aromatic heterocycles. The first kappa shape index (κ1) is 21.2. The highest BCUT2D eigenvalue weighted by atomic mass is 79.9. The maximum absolute atomic E-state index is 13.4. The topological polar surface area (TPSA) is 88.2 Å². The number of carbonyl (C=O) groups excluding carboxylic acids is 1. The van der Waals surface area contributed by atoms with Gasteiger partial charge in [0.25, 0.3) is 10.0 Å². The maximum atomic E-state index is 13.4. The van der Waals surface area contributed by atoms with E-state index in [4.69, 9.17) is 11.6 Å². The molecule has 0 unspecified atom stereocenters. The second-order valence-corrected chi connectivity index (χ2v) is 10.3. The smallest absolute Gasteiger partial charge is 0.266 e. The van der Waals surface area contributed by atoms with Gasteiger partial charge in [0.05, 0.1) is 10.9 Å². The Morgan fingerprint density at radius 2 is 1.83 bits per heavy atom. The average molecular weight is 509 g/mol. The van der Waals surface area contributed by atoms with Crippen molar-refractivity contribution in [3.63, 3.8) is 0 Å². The molecule has 156 valence electrons. The number of rotatable bonds is 4. The second kappa shape index (κ2) is 8.26. The van der Waals surface area contributed by atoms with E-state index in [-0.39, 0.29) is 15.4 Å². The summed E-state index contributed by atoms with van der Waals surface area (Å²) >= 11 is 9.54. The summed E-state index contributed by atoms with van der Waals surface area (Å²) in [6, 6.07) is 13.8. The van der Waals surface area contributed by atoms with Gasteiger partial charge < -0.3 is 5.32 Å². The SMILES string of the molecule is O=C(NS(=O)(=O)c1cc(Cl)cc2cccnc12)C1(c2ccc(Br)cc2)CCNCC1. The minimum Gasteiger partial charge on any atom is -0.317 e. The number of fused-ring (bicyclic) bond motifs is 1. The molecular weight excluding hydrogens is 490 g/mol. The van der Waals surface area contributed by atoms with Gasteiger partial charge in [0.15, 0.2) is 0 Å². The third-order valence-corrected chi connectivity index (χ3v) is 7.53. The zero-order chi connectivity index (χ0) is 21.4. The molecule has 0 atom stereocenters. The van der Waals surface area contributed by atoms with Crippen molar-refractivity contribution in [1.82, 2.24) is 15.0 Å². The fraction of sp³-hybridized carbons (Fsp3) is 0.238. The summed E-state index contributed by atoms with van der Waals surface area (Å²) in [5, 5.41) is 4.08. The Bertz CT molecular complexity index is 1210. The summed E-state index contributed by atoms with van der Waals surface area (Å²) in [7, 11) is -4.19. The lowest BCUT2D eigenvalue weighted by molar-refractivity contribution is -0.126. The van der Waals surface area contributed by atoms with Crippen molar-refractivity contribution in [2.75, 3.05) is 13.1 Å². The molecule has 1 aliphatic heterocycles. The van der Waals surface area contributed by atoms with E-state index in [2.05, 4.69) is 31.0 Å². The Morgan fingerprint density at radius 1 is 1.13 bits per heavy atom. The minimum absolute atomic E-state index is 0.112. The molecule has 1 saturated heterocycles. The molecule has 30 heavy (non-hydrogen) atoms. The van der Waals surface area contributed by atoms with Gasteiger partial charge in [0.1, 0.15) is 4.90 Å². The van der Waals surface area contributed by atoms with E-state index in [1.165, 1.54) is 12.3 Å². The molecular formula is C21H19BrClN3O3S. The van der Waals surface area contributed by atoms with Crippen molar-refractivity contribution in [3.8, 4) is 0 Å². The number of halogens is 2. The monoisotopic (exact) mass is 507 g/mol. The lowest BCUT2D eigenvalue weighted by Crippen LogP contribution is -2.52. The zero-order valence-corrected chi connectivity index (χ0v) is 19.0. The van der Waals surface area contributed by atoms with E-state index in [1.54, 1.807) is 18.2 Å². The highest BCUT2D eigenvalue weighted by Gasteiger charge is 2.43. The Labute approximate surface area is 188 Å². The number of benzene rings is 2. The minimum atomic E-state index is -4.19. The van der Waals surface area contributed by atoms with Gasteiger partial charge in [-0.3, -0.25) is 9.78 Å². The first-order chi connectivity index (χ1) is 14.3. The van der Waals surface area contributed by atoms with E-state index >= 15 is 0 Å². The van der Waals surface area contributed by atoms with E-state index in [0.717, 1.165) is 10.0 Å². The normalized spacial score (nSPS) is 16.3. The van der Waals surface area contributed by atoms with Crippen LogP contribution < -0.4 is 10.0 Å². The van der Waals surface area contributed by atoms with Crippen LogP contribution in [0.1, 0.15) is 18.4 Å². The molecule has 0 saturated carbocycles. The number of pyridine rings is 1. The van der Waals surface area contributed by atoms with Gasteiger partial charge in [-0.05, 0) is 61.8 Å². The van der Waals surface area contributed by atoms with Crippen molar-refractivity contribution in [2.24, 2.45) is 0 Å². The average Bonchev–Trinajstić information content (AvgIpc) is 2.73. The van der Waals surface area contributed by atoms with E-state index in [0.29, 0.717) is 31.3 Å². The van der Waals surface area contributed by atoms with Crippen molar-refractivity contribution in [1.29, 1.82) is 0 Å². The highest BCUT2D eigenvalue weighted by molar-refractivity contribution is 9.10.